The molecule has 0 spiro atoms. The number of carbonyl (C=O) groups is 2. The summed E-state index contributed by atoms with van der Waals surface area (Å²) in [6.07, 6.45) is -0.202. The molecule has 0 radical (unpaired) electrons. The summed E-state index contributed by atoms with van der Waals surface area (Å²) in [5, 5.41) is 11.2. The number of sulfone groups is 1. The molecule has 0 aliphatic heterocycles. The van der Waals surface area contributed by atoms with Crippen molar-refractivity contribution in [2.24, 2.45) is 0 Å². The topological polar surface area (TPSA) is 101 Å². The predicted molar refractivity (Wildman–Crippen MR) is 64.1 cm³/mol. The van der Waals surface area contributed by atoms with Gasteiger partial charge < -0.3 is 10.4 Å². The van der Waals surface area contributed by atoms with E-state index < -0.39 is 27.5 Å². The average molecular weight is 271 g/mol. The largest absolute Gasteiger partial charge is 0.478 e. The van der Waals surface area contributed by atoms with Gasteiger partial charge in [0.2, 0.25) is 5.91 Å². The Morgan fingerprint density at radius 1 is 1.28 bits per heavy atom. The minimum absolute atomic E-state index is 0.202. The fourth-order valence-corrected chi connectivity index (χ4v) is 2.83. The molecule has 7 heteroatoms. The summed E-state index contributed by atoms with van der Waals surface area (Å²) in [5.41, 5.74) is -0.283. The Balaban J connectivity index is 3.05. The lowest BCUT2D eigenvalue weighted by atomic mass is 10.2. The number of nitrogens with one attached hydrogen (secondary N) is 1. The second-order valence-corrected chi connectivity index (χ2v) is 5.62. The van der Waals surface area contributed by atoms with Crippen LogP contribution in [-0.4, -0.2) is 38.2 Å². The van der Waals surface area contributed by atoms with Crippen LogP contribution in [0.15, 0.2) is 29.2 Å². The molecule has 2 N–H and O–H groups in total. The van der Waals surface area contributed by atoms with E-state index >= 15 is 0 Å². The molecule has 98 valence electrons. The first-order valence-electron chi connectivity index (χ1n) is 5.14. The van der Waals surface area contributed by atoms with Gasteiger partial charge >= 0.3 is 5.97 Å². The van der Waals surface area contributed by atoms with Gasteiger partial charge in [0.25, 0.3) is 0 Å². The first kappa shape index (κ1) is 14.2. The van der Waals surface area contributed by atoms with Crippen molar-refractivity contribution >= 4 is 21.7 Å². The van der Waals surface area contributed by atoms with Gasteiger partial charge in [-0.2, -0.15) is 0 Å². The maximum atomic E-state index is 11.9. The minimum Gasteiger partial charge on any atom is -0.478 e. The van der Waals surface area contributed by atoms with Crippen molar-refractivity contribution in [2.75, 3.05) is 12.8 Å². The number of benzene rings is 1. The van der Waals surface area contributed by atoms with Crippen molar-refractivity contribution in [3.63, 3.8) is 0 Å². The Bertz CT molecular complexity index is 565. The number of rotatable bonds is 5. The first-order chi connectivity index (χ1) is 8.38. The van der Waals surface area contributed by atoms with Gasteiger partial charge in [0.15, 0.2) is 9.84 Å². The molecule has 1 rings (SSSR count). The van der Waals surface area contributed by atoms with Gasteiger partial charge in [-0.15, -0.1) is 0 Å². The number of aromatic carboxylic acids is 1. The van der Waals surface area contributed by atoms with E-state index in [1.54, 1.807) is 0 Å². The van der Waals surface area contributed by atoms with Crippen LogP contribution in [0.3, 0.4) is 0 Å². The van der Waals surface area contributed by atoms with Gasteiger partial charge in [-0.05, 0) is 12.1 Å². The van der Waals surface area contributed by atoms with Crippen LogP contribution in [0.2, 0.25) is 0 Å². The van der Waals surface area contributed by atoms with Gasteiger partial charge in [-0.1, -0.05) is 12.1 Å². The predicted octanol–water partition coefficient (Wildman–Crippen LogP) is 0.295. The Hall–Kier alpha value is -1.89. The molecule has 0 unspecified atom stereocenters. The molecule has 1 aromatic rings. The SMILES string of the molecule is CNC(=O)CCS(=O)(=O)c1ccccc1C(=O)O. The van der Waals surface area contributed by atoms with Gasteiger partial charge in [-0.3, -0.25) is 4.79 Å². The molecule has 18 heavy (non-hydrogen) atoms. The summed E-state index contributed by atoms with van der Waals surface area (Å²) in [4.78, 5) is 21.7. The van der Waals surface area contributed by atoms with Gasteiger partial charge in [0, 0.05) is 13.5 Å². The summed E-state index contributed by atoms with van der Waals surface area (Å²) >= 11 is 0. The average Bonchev–Trinajstić information content (AvgIpc) is 2.36. The van der Waals surface area contributed by atoms with Gasteiger partial charge in [-0.25, -0.2) is 13.2 Å². The van der Waals surface area contributed by atoms with E-state index in [9.17, 15) is 18.0 Å². The summed E-state index contributed by atoms with van der Waals surface area (Å²) in [6.45, 7) is 0. The van der Waals surface area contributed by atoms with Crippen molar-refractivity contribution < 1.29 is 23.1 Å². The fraction of sp³-hybridized carbons (Fsp3) is 0.273. The van der Waals surface area contributed by atoms with Crippen LogP contribution in [0.4, 0.5) is 0 Å². The second-order valence-electron chi connectivity index (χ2n) is 3.54. The molecule has 0 bridgehead atoms. The smallest absolute Gasteiger partial charge is 0.337 e. The van der Waals surface area contributed by atoms with E-state index in [2.05, 4.69) is 5.32 Å². The third-order valence-corrected chi connectivity index (χ3v) is 4.10. The molecule has 0 aliphatic carbocycles. The lowest BCUT2D eigenvalue weighted by Gasteiger charge is -2.07. The third kappa shape index (κ3) is 3.30. The summed E-state index contributed by atoms with van der Waals surface area (Å²) in [6, 6.07) is 5.33. The Labute approximate surface area is 105 Å². The second kappa shape index (κ2) is 5.63. The Morgan fingerprint density at radius 2 is 1.89 bits per heavy atom. The van der Waals surface area contributed by atoms with Crippen molar-refractivity contribution in [3.8, 4) is 0 Å². The lowest BCUT2D eigenvalue weighted by Crippen LogP contribution is -2.22. The highest BCUT2D eigenvalue weighted by atomic mass is 32.2. The summed E-state index contributed by atoms with van der Waals surface area (Å²) < 4.78 is 23.9. The Kier molecular flexibility index (Phi) is 4.43. The molecular formula is C11H13NO5S. The first-order valence-corrected chi connectivity index (χ1v) is 6.79. The third-order valence-electron chi connectivity index (χ3n) is 2.33. The molecule has 0 atom stereocenters. The quantitative estimate of drug-likeness (QED) is 0.802. The molecule has 0 saturated carbocycles. The van der Waals surface area contributed by atoms with Crippen molar-refractivity contribution in [3.05, 3.63) is 29.8 Å². The zero-order valence-electron chi connectivity index (χ0n) is 9.71. The van der Waals surface area contributed by atoms with Crippen molar-refractivity contribution in [2.45, 2.75) is 11.3 Å². The van der Waals surface area contributed by atoms with Crippen molar-refractivity contribution in [1.82, 2.24) is 5.32 Å². The molecule has 0 heterocycles. The van der Waals surface area contributed by atoms with Gasteiger partial charge in [0.1, 0.15) is 0 Å². The fourth-order valence-electron chi connectivity index (χ4n) is 1.38. The van der Waals surface area contributed by atoms with E-state index in [4.69, 9.17) is 5.11 Å². The highest BCUT2D eigenvalue weighted by molar-refractivity contribution is 7.91. The maximum absolute atomic E-state index is 11.9. The highest BCUT2D eigenvalue weighted by Crippen LogP contribution is 2.17. The van der Waals surface area contributed by atoms with Crippen LogP contribution in [0.5, 0.6) is 0 Å². The van der Waals surface area contributed by atoms with E-state index in [0.717, 1.165) is 0 Å². The maximum Gasteiger partial charge on any atom is 0.337 e. The van der Waals surface area contributed by atoms with E-state index in [-0.39, 0.29) is 16.9 Å². The van der Waals surface area contributed by atoms with Gasteiger partial charge in [0.05, 0.1) is 16.2 Å². The molecule has 0 saturated heterocycles. The van der Waals surface area contributed by atoms with Crippen LogP contribution in [0, 0.1) is 0 Å². The lowest BCUT2D eigenvalue weighted by molar-refractivity contribution is -0.120. The Morgan fingerprint density at radius 3 is 2.44 bits per heavy atom. The minimum atomic E-state index is -3.78. The monoisotopic (exact) mass is 271 g/mol. The van der Waals surface area contributed by atoms with Crippen LogP contribution >= 0.6 is 0 Å². The number of amides is 1. The number of carboxylic acid groups (broad SMARTS) is 1. The summed E-state index contributed by atoms with van der Waals surface area (Å²) in [7, 11) is -2.38. The number of carboxylic acids is 1. The number of carbonyl (C=O) groups excluding carboxylic acids is 1. The van der Waals surface area contributed by atoms with Crippen LogP contribution in [0.25, 0.3) is 0 Å². The standard InChI is InChI=1S/C11H13NO5S/c1-12-10(13)6-7-18(16,17)9-5-3-2-4-8(9)11(14)15/h2-5H,6-7H2,1H3,(H,12,13)(H,14,15). The van der Waals surface area contributed by atoms with Crippen LogP contribution in [0.1, 0.15) is 16.8 Å². The van der Waals surface area contributed by atoms with E-state index in [0.29, 0.717) is 0 Å². The molecule has 6 nitrogen and oxygen atoms in total. The normalized spacial score (nSPS) is 10.9. The number of hydrogen-bond donors (Lipinski definition) is 2. The van der Waals surface area contributed by atoms with E-state index in [1.807, 2.05) is 0 Å². The number of hydrogen-bond acceptors (Lipinski definition) is 4. The van der Waals surface area contributed by atoms with E-state index in [1.165, 1.54) is 31.3 Å². The molecule has 0 aromatic heterocycles. The molecule has 1 amide bonds. The van der Waals surface area contributed by atoms with Crippen LogP contribution in [-0.2, 0) is 14.6 Å². The molecule has 1 aromatic carbocycles. The highest BCUT2D eigenvalue weighted by Gasteiger charge is 2.22. The van der Waals surface area contributed by atoms with Crippen LogP contribution < -0.4 is 5.32 Å². The zero-order chi connectivity index (χ0) is 13.8. The molecule has 0 aliphatic rings. The summed E-state index contributed by atoms with van der Waals surface area (Å²) in [5.74, 6) is -2.14. The molecule has 0 fully saturated rings. The zero-order valence-corrected chi connectivity index (χ0v) is 10.5. The molecular weight excluding hydrogens is 258 g/mol. The van der Waals surface area contributed by atoms with Crippen molar-refractivity contribution in [1.29, 1.82) is 0 Å².